The van der Waals surface area contributed by atoms with Gasteiger partial charge in [-0.3, -0.25) is 14.4 Å². The first-order valence-corrected chi connectivity index (χ1v) is 11.2. The van der Waals surface area contributed by atoms with E-state index in [4.69, 9.17) is 4.74 Å². The lowest BCUT2D eigenvalue weighted by molar-refractivity contribution is -0.132. The monoisotopic (exact) mass is 435 g/mol. The Morgan fingerprint density at radius 3 is 2.44 bits per heavy atom. The van der Waals surface area contributed by atoms with E-state index >= 15 is 0 Å². The Morgan fingerprint density at radius 2 is 1.72 bits per heavy atom. The maximum atomic E-state index is 12.5. The van der Waals surface area contributed by atoms with Crippen LogP contribution in [0.25, 0.3) is 0 Å². The van der Waals surface area contributed by atoms with E-state index in [2.05, 4.69) is 5.32 Å². The molecular weight excluding hydrogens is 406 g/mol. The van der Waals surface area contributed by atoms with Crippen LogP contribution in [-0.4, -0.2) is 55.4 Å². The fraction of sp³-hybridized carbons (Fsp3) is 0.400. The molecule has 1 atom stereocenters. The number of hydrogen-bond donors (Lipinski definition) is 1. The molecule has 0 saturated carbocycles. The molecule has 0 unspecified atom stereocenters. The Bertz CT molecular complexity index is 939. The van der Waals surface area contributed by atoms with Gasteiger partial charge in [0.25, 0.3) is 5.91 Å². The highest BCUT2D eigenvalue weighted by atomic mass is 16.5. The van der Waals surface area contributed by atoms with Crippen LogP contribution >= 0.6 is 0 Å². The first-order chi connectivity index (χ1) is 15.6. The molecule has 168 valence electrons. The molecule has 2 aliphatic rings. The number of ether oxygens (including phenoxy) is 1. The Hall–Kier alpha value is -3.35. The third-order valence-electron chi connectivity index (χ3n) is 6.02. The van der Waals surface area contributed by atoms with E-state index in [0.717, 1.165) is 38.0 Å². The summed E-state index contributed by atoms with van der Waals surface area (Å²) in [7, 11) is 0. The van der Waals surface area contributed by atoms with Crippen LogP contribution in [0.2, 0.25) is 0 Å². The van der Waals surface area contributed by atoms with Crippen LogP contribution in [0.4, 0.5) is 5.69 Å². The van der Waals surface area contributed by atoms with E-state index < -0.39 is 0 Å². The van der Waals surface area contributed by atoms with Crippen LogP contribution in [-0.2, 0) is 20.8 Å². The highest BCUT2D eigenvalue weighted by Gasteiger charge is 2.35. The van der Waals surface area contributed by atoms with Crippen LogP contribution in [0.3, 0.4) is 0 Å². The summed E-state index contributed by atoms with van der Waals surface area (Å²) in [5.41, 5.74) is 1.90. The number of carbonyl (C=O) groups excluding carboxylic acids is 3. The van der Waals surface area contributed by atoms with Gasteiger partial charge in [0.15, 0.2) is 6.61 Å². The largest absolute Gasteiger partial charge is 0.484 e. The SMILES string of the molecule is O=C(NCCc1ccccc1)[C@H]1CC(=O)N(c2ccc(OCC(=O)N3CCCC3)cc2)C1. The number of hydrogen-bond acceptors (Lipinski definition) is 4. The van der Waals surface area contributed by atoms with E-state index in [1.54, 1.807) is 29.2 Å². The first kappa shape index (κ1) is 21.9. The molecule has 0 spiro atoms. The van der Waals surface area contributed by atoms with Crippen molar-refractivity contribution in [2.24, 2.45) is 5.92 Å². The van der Waals surface area contributed by atoms with E-state index in [0.29, 0.717) is 18.8 Å². The van der Waals surface area contributed by atoms with Crippen molar-refractivity contribution in [3.63, 3.8) is 0 Å². The third-order valence-corrected chi connectivity index (χ3v) is 6.02. The summed E-state index contributed by atoms with van der Waals surface area (Å²) in [6.07, 6.45) is 3.07. The second kappa shape index (κ2) is 10.3. The van der Waals surface area contributed by atoms with Crippen molar-refractivity contribution in [2.75, 3.05) is 37.7 Å². The van der Waals surface area contributed by atoms with Crippen molar-refractivity contribution in [1.82, 2.24) is 10.2 Å². The van der Waals surface area contributed by atoms with Gasteiger partial charge in [-0.05, 0) is 49.1 Å². The van der Waals surface area contributed by atoms with Crippen LogP contribution in [0.15, 0.2) is 54.6 Å². The lowest BCUT2D eigenvalue weighted by atomic mass is 10.1. The molecule has 7 nitrogen and oxygen atoms in total. The molecule has 7 heteroatoms. The van der Waals surface area contributed by atoms with Gasteiger partial charge in [0.1, 0.15) is 5.75 Å². The van der Waals surface area contributed by atoms with Crippen molar-refractivity contribution < 1.29 is 19.1 Å². The molecule has 0 radical (unpaired) electrons. The zero-order chi connectivity index (χ0) is 22.3. The topological polar surface area (TPSA) is 79.0 Å². The molecule has 0 aliphatic carbocycles. The molecule has 2 fully saturated rings. The fourth-order valence-corrected chi connectivity index (χ4v) is 4.18. The Balaban J connectivity index is 1.25. The smallest absolute Gasteiger partial charge is 0.260 e. The molecule has 2 heterocycles. The lowest BCUT2D eigenvalue weighted by Gasteiger charge is -2.18. The lowest BCUT2D eigenvalue weighted by Crippen LogP contribution is -2.34. The number of anilines is 1. The average Bonchev–Trinajstić information content (AvgIpc) is 3.49. The molecule has 32 heavy (non-hydrogen) atoms. The van der Waals surface area contributed by atoms with Gasteiger partial charge >= 0.3 is 0 Å². The van der Waals surface area contributed by atoms with Crippen molar-refractivity contribution in [3.8, 4) is 5.75 Å². The summed E-state index contributed by atoms with van der Waals surface area (Å²) in [6.45, 7) is 2.55. The van der Waals surface area contributed by atoms with Gasteiger partial charge in [-0.2, -0.15) is 0 Å². The molecule has 2 saturated heterocycles. The molecule has 0 bridgehead atoms. The van der Waals surface area contributed by atoms with Crippen LogP contribution < -0.4 is 15.0 Å². The maximum Gasteiger partial charge on any atom is 0.260 e. The number of nitrogens with one attached hydrogen (secondary N) is 1. The van der Waals surface area contributed by atoms with Crippen molar-refractivity contribution in [1.29, 1.82) is 0 Å². The van der Waals surface area contributed by atoms with E-state index in [-0.39, 0.29) is 36.7 Å². The third kappa shape index (κ3) is 5.46. The molecule has 2 aromatic rings. The number of likely N-dealkylation sites (tertiary alicyclic amines) is 1. The summed E-state index contributed by atoms with van der Waals surface area (Å²) in [5, 5.41) is 2.95. The molecule has 2 aromatic carbocycles. The molecule has 4 rings (SSSR count). The van der Waals surface area contributed by atoms with Crippen molar-refractivity contribution in [2.45, 2.75) is 25.7 Å². The molecule has 0 aromatic heterocycles. The minimum atomic E-state index is -0.354. The Kier molecular flexibility index (Phi) is 7.04. The van der Waals surface area contributed by atoms with Crippen LogP contribution in [0.5, 0.6) is 5.75 Å². The Labute approximate surface area is 188 Å². The second-order valence-electron chi connectivity index (χ2n) is 8.30. The minimum Gasteiger partial charge on any atom is -0.484 e. The first-order valence-electron chi connectivity index (χ1n) is 11.2. The van der Waals surface area contributed by atoms with Gasteiger partial charge in [0.05, 0.1) is 5.92 Å². The zero-order valence-corrected chi connectivity index (χ0v) is 18.2. The normalized spacial score (nSPS) is 18.1. The molecular formula is C25H29N3O4. The molecule has 3 amide bonds. The predicted molar refractivity (Wildman–Crippen MR) is 121 cm³/mol. The quantitative estimate of drug-likeness (QED) is 0.691. The number of benzene rings is 2. The summed E-state index contributed by atoms with van der Waals surface area (Å²) < 4.78 is 5.61. The molecule has 2 aliphatic heterocycles. The van der Waals surface area contributed by atoms with Gasteiger partial charge in [-0.15, -0.1) is 0 Å². The number of amides is 3. The highest BCUT2D eigenvalue weighted by molar-refractivity contribution is 6.00. The standard InChI is InChI=1S/C25H29N3O4/c29-23-16-20(25(31)26-13-12-19-6-2-1-3-7-19)17-28(23)21-8-10-22(11-9-21)32-18-24(30)27-14-4-5-15-27/h1-3,6-11,20H,4-5,12-18H2,(H,26,31)/t20-/m0/s1. The van der Waals surface area contributed by atoms with Crippen LogP contribution in [0.1, 0.15) is 24.8 Å². The van der Waals surface area contributed by atoms with Gasteiger partial charge < -0.3 is 19.9 Å². The summed E-state index contributed by atoms with van der Waals surface area (Å²) in [5.74, 6) is 0.0843. The average molecular weight is 436 g/mol. The van der Waals surface area contributed by atoms with Crippen LogP contribution in [0, 0.1) is 5.92 Å². The Morgan fingerprint density at radius 1 is 1.00 bits per heavy atom. The fourth-order valence-electron chi connectivity index (χ4n) is 4.18. The summed E-state index contributed by atoms with van der Waals surface area (Å²) in [6, 6.07) is 17.1. The minimum absolute atomic E-state index is 0.00224. The van der Waals surface area contributed by atoms with E-state index in [9.17, 15) is 14.4 Å². The van der Waals surface area contributed by atoms with Crippen molar-refractivity contribution >= 4 is 23.4 Å². The highest BCUT2D eigenvalue weighted by Crippen LogP contribution is 2.27. The van der Waals surface area contributed by atoms with Crippen molar-refractivity contribution in [3.05, 3.63) is 60.2 Å². The number of rotatable bonds is 8. The summed E-state index contributed by atoms with van der Waals surface area (Å²) in [4.78, 5) is 40.6. The summed E-state index contributed by atoms with van der Waals surface area (Å²) >= 11 is 0. The zero-order valence-electron chi connectivity index (χ0n) is 18.2. The number of carbonyl (C=O) groups is 3. The second-order valence-corrected chi connectivity index (χ2v) is 8.30. The van der Waals surface area contributed by atoms with Gasteiger partial charge in [0.2, 0.25) is 11.8 Å². The molecule has 1 N–H and O–H groups in total. The van der Waals surface area contributed by atoms with Gasteiger partial charge in [0, 0.05) is 38.3 Å². The van der Waals surface area contributed by atoms with E-state index in [1.165, 1.54) is 5.56 Å². The number of nitrogens with zero attached hydrogens (tertiary/aromatic N) is 2. The van der Waals surface area contributed by atoms with Gasteiger partial charge in [-0.1, -0.05) is 30.3 Å². The predicted octanol–water partition coefficient (Wildman–Crippen LogP) is 2.40. The maximum absolute atomic E-state index is 12.5. The van der Waals surface area contributed by atoms with Gasteiger partial charge in [-0.25, -0.2) is 0 Å². The van der Waals surface area contributed by atoms with E-state index in [1.807, 2.05) is 35.2 Å².